The SMILES string of the molecule is c1ccc(-c2ccc(-n3c4ccc(-c5c(-c6ccccc6)cccc5-c5ccccc5)cc4c4cc5sccc5cc43)cc2)cc1. The van der Waals surface area contributed by atoms with Gasteiger partial charge in [0.25, 0.3) is 0 Å². The lowest BCUT2D eigenvalue weighted by molar-refractivity contribution is 1.18. The largest absolute Gasteiger partial charge is 0.309 e. The zero-order chi connectivity index (χ0) is 30.5. The molecular formula is C44H29NS. The molecule has 0 atom stereocenters. The van der Waals surface area contributed by atoms with Crippen molar-refractivity contribution >= 4 is 43.2 Å². The topological polar surface area (TPSA) is 4.93 Å². The van der Waals surface area contributed by atoms with Gasteiger partial charge in [-0.1, -0.05) is 127 Å². The van der Waals surface area contributed by atoms with Crippen molar-refractivity contribution in [2.24, 2.45) is 0 Å². The molecule has 0 saturated heterocycles. The lowest BCUT2D eigenvalue weighted by Gasteiger charge is -2.17. The van der Waals surface area contributed by atoms with E-state index in [1.165, 1.54) is 76.4 Å². The van der Waals surface area contributed by atoms with Crippen LogP contribution < -0.4 is 0 Å². The summed E-state index contributed by atoms with van der Waals surface area (Å²) in [6, 6.07) is 61.8. The Hall–Kier alpha value is -5.70. The third kappa shape index (κ3) is 4.46. The van der Waals surface area contributed by atoms with Gasteiger partial charge in [-0.15, -0.1) is 11.3 Å². The zero-order valence-corrected chi connectivity index (χ0v) is 25.9. The molecular weight excluding hydrogens is 575 g/mol. The molecule has 46 heavy (non-hydrogen) atoms. The summed E-state index contributed by atoms with van der Waals surface area (Å²) in [5.74, 6) is 0. The average molecular weight is 604 g/mol. The van der Waals surface area contributed by atoms with Gasteiger partial charge in [0.2, 0.25) is 0 Å². The second kappa shape index (κ2) is 11.0. The van der Waals surface area contributed by atoms with Gasteiger partial charge < -0.3 is 4.57 Å². The summed E-state index contributed by atoms with van der Waals surface area (Å²) >= 11 is 1.81. The maximum Gasteiger partial charge on any atom is 0.0548 e. The first-order valence-corrected chi connectivity index (χ1v) is 16.6. The lowest BCUT2D eigenvalue weighted by atomic mass is 9.87. The maximum atomic E-state index is 2.43. The normalized spacial score (nSPS) is 11.5. The van der Waals surface area contributed by atoms with E-state index in [-0.39, 0.29) is 0 Å². The Bertz CT molecular complexity index is 2430. The Kier molecular flexibility index (Phi) is 6.40. The average Bonchev–Trinajstić information content (AvgIpc) is 3.73. The predicted molar refractivity (Wildman–Crippen MR) is 198 cm³/mol. The highest BCUT2D eigenvalue weighted by atomic mass is 32.1. The monoisotopic (exact) mass is 603 g/mol. The van der Waals surface area contributed by atoms with Gasteiger partial charge in [0.05, 0.1) is 11.0 Å². The zero-order valence-electron chi connectivity index (χ0n) is 25.1. The van der Waals surface area contributed by atoms with Gasteiger partial charge in [-0.3, -0.25) is 0 Å². The molecule has 2 heteroatoms. The van der Waals surface area contributed by atoms with Crippen molar-refractivity contribution in [3.05, 3.63) is 175 Å². The quantitative estimate of drug-likeness (QED) is 0.184. The fourth-order valence-electron chi connectivity index (χ4n) is 6.92. The second-order valence-electron chi connectivity index (χ2n) is 11.8. The molecule has 9 rings (SSSR count). The molecule has 2 heterocycles. The molecule has 9 aromatic rings. The van der Waals surface area contributed by atoms with Crippen LogP contribution in [0.2, 0.25) is 0 Å². The van der Waals surface area contributed by atoms with Crippen LogP contribution in [-0.2, 0) is 0 Å². The molecule has 216 valence electrons. The van der Waals surface area contributed by atoms with Gasteiger partial charge in [-0.2, -0.15) is 0 Å². The van der Waals surface area contributed by atoms with Crippen LogP contribution >= 0.6 is 11.3 Å². The molecule has 0 radical (unpaired) electrons. The Morgan fingerprint density at radius 3 is 1.61 bits per heavy atom. The fraction of sp³-hybridized carbons (Fsp3) is 0. The highest BCUT2D eigenvalue weighted by Gasteiger charge is 2.18. The van der Waals surface area contributed by atoms with E-state index in [0.29, 0.717) is 0 Å². The minimum Gasteiger partial charge on any atom is -0.309 e. The van der Waals surface area contributed by atoms with Crippen molar-refractivity contribution in [1.29, 1.82) is 0 Å². The summed E-state index contributed by atoms with van der Waals surface area (Å²) in [5, 5.41) is 6.01. The molecule has 0 amide bonds. The minimum atomic E-state index is 1.16. The molecule has 0 fully saturated rings. The number of rotatable bonds is 5. The molecule has 0 unspecified atom stereocenters. The van der Waals surface area contributed by atoms with Crippen LogP contribution in [0.15, 0.2) is 175 Å². The molecule has 7 aromatic carbocycles. The first kappa shape index (κ1) is 26.7. The number of hydrogen-bond donors (Lipinski definition) is 0. The van der Waals surface area contributed by atoms with E-state index in [1.807, 2.05) is 0 Å². The van der Waals surface area contributed by atoms with Gasteiger partial charge in [0.1, 0.15) is 0 Å². The molecule has 0 spiro atoms. The van der Waals surface area contributed by atoms with Crippen LogP contribution in [-0.4, -0.2) is 4.57 Å². The van der Waals surface area contributed by atoms with Crippen molar-refractivity contribution in [2.75, 3.05) is 0 Å². The van der Waals surface area contributed by atoms with Crippen LogP contribution in [0.25, 0.3) is 82.1 Å². The summed E-state index contributed by atoms with van der Waals surface area (Å²) in [7, 11) is 0. The molecule has 0 aliphatic heterocycles. The Morgan fingerprint density at radius 2 is 0.957 bits per heavy atom. The van der Waals surface area contributed by atoms with E-state index in [9.17, 15) is 0 Å². The number of hydrogen-bond acceptors (Lipinski definition) is 1. The molecule has 2 aromatic heterocycles. The van der Waals surface area contributed by atoms with Crippen LogP contribution in [0.3, 0.4) is 0 Å². The summed E-state index contributed by atoms with van der Waals surface area (Å²) in [6.07, 6.45) is 0. The van der Waals surface area contributed by atoms with Gasteiger partial charge in [0, 0.05) is 21.2 Å². The Balaban J connectivity index is 1.30. The van der Waals surface area contributed by atoms with E-state index in [1.54, 1.807) is 11.3 Å². The molecule has 0 aliphatic rings. The van der Waals surface area contributed by atoms with E-state index in [0.717, 1.165) is 5.69 Å². The van der Waals surface area contributed by atoms with Crippen LogP contribution in [0.5, 0.6) is 0 Å². The summed E-state index contributed by atoms with van der Waals surface area (Å²) in [6.45, 7) is 0. The van der Waals surface area contributed by atoms with Crippen LogP contribution in [0.1, 0.15) is 0 Å². The van der Waals surface area contributed by atoms with Crippen LogP contribution in [0.4, 0.5) is 0 Å². The van der Waals surface area contributed by atoms with E-state index in [4.69, 9.17) is 0 Å². The van der Waals surface area contributed by atoms with Gasteiger partial charge in [-0.25, -0.2) is 0 Å². The van der Waals surface area contributed by atoms with Crippen molar-refractivity contribution in [3.8, 4) is 50.2 Å². The van der Waals surface area contributed by atoms with Crippen LogP contribution in [0, 0.1) is 0 Å². The van der Waals surface area contributed by atoms with Gasteiger partial charge in [-0.05, 0) is 97.7 Å². The molecule has 0 bridgehead atoms. The summed E-state index contributed by atoms with van der Waals surface area (Å²) < 4.78 is 3.74. The number of benzene rings is 7. The molecule has 1 nitrogen and oxygen atoms in total. The van der Waals surface area contributed by atoms with Crippen molar-refractivity contribution < 1.29 is 0 Å². The van der Waals surface area contributed by atoms with E-state index in [2.05, 4.69) is 180 Å². The third-order valence-corrected chi connectivity index (χ3v) is 9.97. The lowest BCUT2D eigenvalue weighted by Crippen LogP contribution is -1.94. The van der Waals surface area contributed by atoms with Crippen molar-refractivity contribution in [3.63, 3.8) is 0 Å². The van der Waals surface area contributed by atoms with E-state index < -0.39 is 0 Å². The van der Waals surface area contributed by atoms with Crippen molar-refractivity contribution in [1.82, 2.24) is 4.57 Å². The Morgan fingerprint density at radius 1 is 0.391 bits per heavy atom. The third-order valence-electron chi connectivity index (χ3n) is 9.09. The minimum absolute atomic E-state index is 1.16. The highest BCUT2D eigenvalue weighted by molar-refractivity contribution is 7.17. The first-order chi connectivity index (χ1) is 22.8. The second-order valence-corrected chi connectivity index (χ2v) is 12.7. The number of fused-ring (bicyclic) bond motifs is 4. The molecule has 0 N–H and O–H groups in total. The van der Waals surface area contributed by atoms with Gasteiger partial charge >= 0.3 is 0 Å². The summed E-state index contributed by atoms with van der Waals surface area (Å²) in [4.78, 5) is 0. The predicted octanol–water partition coefficient (Wildman–Crippen LogP) is 12.7. The van der Waals surface area contributed by atoms with Gasteiger partial charge in [0.15, 0.2) is 0 Å². The smallest absolute Gasteiger partial charge is 0.0548 e. The first-order valence-electron chi connectivity index (χ1n) is 15.7. The fourth-order valence-corrected chi connectivity index (χ4v) is 7.73. The highest BCUT2D eigenvalue weighted by Crippen LogP contribution is 2.43. The summed E-state index contributed by atoms with van der Waals surface area (Å²) in [5.41, 5.74) is 13.4. The Labute approximate surface area is 272 Å². The standard InChI is InChI=1S/C44H29NS/c1-4-11-30(12-5-1)31-19-22-36(23-20-31)45-41-24-21-35(27-39(41)40-29-43-34(25-26-46-43)28-42(40)45)44-37(32-13-6-2-7-14-32)17-10-18-38(44)33-15-8-3-9-16-33/h1-29H. The molecule has 0 aliphatic carbocycles. The van der Waals surface area contributed by atoms with Crippen molar-refractivity contribution in [2.45, 2.75) is 0 Å². The number of thiophene rings is 1. The number of nitrogens with zero attached hydrogens (tertiary/aromatic N) is 1. The maximum absolute atomic E-state index is 2.43. The van der Waals surface area contributed by atoms with E-state index >= 15 is 0 Å². The molecule has 0 saturated carbocycles. The number of aromatic nitrogens is 1.